The van der Waals surface area contributed by atoms with Gasteiger partial charge in [0.25, 0.3) is 0 Å². The van der Waals surface area contributed by atoms with Gasteiger partial charge in [-0.25, -0.2) is 0 Å². The lowest BCUT2D eigenvalue weighted by Crippen LogP contribution is -2.12. The molecule has 0 unspecified atom stereocenters. The Labute approximate surface area is 91.2 Å². The maximum Gasteiger partial charge on any atom is 0.225 e. The van der Waals surface area contributed by atoms with Crippen LogP contribution in [0.1, 0.15) is 19.3 Å². The average molecular weight is 258 g/mol. The summed E-state index contributed by atoms with van der Waals surface area (Å²) in [7, 11) is 0. The van der Waals surface area contributed by atoms with E-state index in [1.807, 2.05) is 0 Å². The molecule has 0 aromatic carbocycles. The molecule has 0 saturated carbocycles. The molecule has 0 aliphatic rings. The van der Waals surface area contributed by atoms with E-state index < -0.39 is 0 Å². The van der Waals surface area contributed by atoms with Crippen molar-refractivity contribution in [1.82, 2.24) is 10.2 Å². The summed E-state index contributed by atoms with van der Waals surface area (Å²) in [4.78, 5) is 11.3. The van der Waals surface area contributed by atoms with E-state index in [4.69, 9.17) is 0 Å². The molecular weight excluding hydrogens is 246 g/mol. The number of alkyl halides is 1. The second-order valence-corrected chi connectivity index (χ2v) is 3.60. The Morgan fingerprint density at radius 2 is 2.36 bits per heavy atom. The molecule has 0 radical (unpaired) electrons. The number of nitrogens with one attached hydrogen (secondary N) is 1. The highest BCUT2D eigenvalue weighted by Crippen LogP contribution is 2.02. The van der Waals surface area contributed by atoms with Crippen LogP contribution in [0.5, 0.6) is 0 Å². The van der Waals surface area contributed by atoms with Crippen molar-refractivity contribution in [1.29, 1.82) is 0 Å². The minimum absolute atomic E-state index is 0.00792. The van der Waals surface area contributed by atoms with Crippen molar-refractivity contribution in [2.45, 2.75) is 19.3 Å². The third-order valence-electron chi connectivity index (χ3n) is 1.63. The predicted molar refractivity (Wildman–Crippen MR) is 58.3 cm³/mol. The average Bonchev–Trinajstić information content (AvgIpc) is 2.20. The fourth-order valence-corrected chi connectivity index (χ4v) is 1.35. The number of halogens is 1. The first-order chi connectivity index (χ1) is 6.83. The van der Waals surface area contributed by atoms with Crippen LogP contribution in [-0.2, 0) is 4.79 Å². The van der Waals surface area contributed by atoms with Crippen LogP contribution in [0.2, 0.25) is 0 Å². The van der Waals surface area contributed by atoms with Gasteiger partial charge >= 0.3 is 0 Å². The van der Waals surface area contributed by atoms with Crippen molar-refractivity contribution in [3.63, 3.8) is 0 Å². The quantitative estimate of drug-likeness (QED) is 0.649. The molecule has 0 aliphatic carbocycles. The zero-order valence-corrected chi connectivity index (χ0v) is 9.33. The van der Waals surface area contributed by atoms with E-state index in [1.165, 1.54) is 0 Å². The lowest BCUT2D eigenvalue weighted by molar-refractivity contribution is -0.116. The maximum atomic E-state index is 11.3. The molecular formula is C9H12BrN3O. The van der Waals surface area contributed by atoms with Crippen molar-refractivity contribution >= 4 is 27.7 Å². The van der Waals surface area contributed by atoms with Crippen molar-refractivity contribution in [2.75, 3.05) is 10.6 Å². The first kappa shape index (κ1) is 11.1. The zero-order valence-electron chi connectivity index (χ0n) is 7.74. The highest BCUT2D eigenvalue weighted by atomic mass is 79.9. The van der Waals surface area contributed by atoms with Gasteiger partial charge in [-0.2, -0.15) is 5.10 Å². The lowest BCUT2D eigenvalue weighted by atomic mass is 10.2. The first-order valence-electron chi connectivity index (χ1n) is 4.46. The maximum absolute atomic E-state index is 11.3. The number of nitrogens with zero attached hydrogens (tertiary/aromatic N) is 2. The van der Waals surface area contributed by atoms with Crippen LogP contribution in [0.4, 0.5) is 5.82 Å². The Balaban J connectivity index is 2.27. The monoisotopic (exact) mass is 257 g/mol. The van der Waals surface area contributed by atoms with E-state index in [9.17, 15) is 4.79 Å². The summed E-state index contributed by atoms with van der Waals surface area (Å²) in [6.07, 6.45) is 3.99. The second kappa shape index (κ2) is 6.48. The number of unbranched alkanes of at least 4 members (excludes halogenated alkanes) is 1. The van der Waals surface area contributed by atoms with Gasteiger partial charge in [0.2, 0.25) is 5.91 Å². The SMILES string of the molecule is O=C(CCCCBr)Nc1cccnn1. The Bertz CT molecular complexity index is 279. The van der Waals surface area contributed by atoms with Crippen LogP contribution in [0.15, 0.2) is 18.3 Å². The van der Waals surface area contributed by atoms with Gasteiger partial charge < -0.3 is 5.32 Å². The standard InChI is InChI=1S/C9H12BrN3O/c10-6-2-1-5-9(14)12-8-4-3-7-11-13-8/h3-4,7H,1-2,5-6H2,(H,12,13,14). The summed E-state index contributed by atoms with van der Waals surface area (Å²) in [6, 6.07) is 3.45. The van der Waals surface area contributed by atoms with Crippen LogP contribution < -0.4 is 5.32 Å². The molecule has 76 valence electrons. The number of anilines is 1. The highest BCUT2D eigenvalue weighted by molar-refractivity contribution is 9.09. The predicted octanol–water partition coefficient (Wildman–Crippen LogP) is 1.98. The van der Waals surface area contributed by atoms with E-state index in [-0.39, 0.29) is 5.91 Å². The highest BCUT2D eigenvalue weighted by Gasteiger charge is 2.01. The first-order valence-corrected chi connectivity index (χ1v) is 5.58. The molecule has 1 heterocycles. The van der Waals surface area contributed by atoms with Gasteiger partial charge in [-0.15, -0.1) is 5.10 Å². The molecule has 0 atom stereocenters. The summed E-state index contributed by atoms with van der Waals surface area (Å²) in [6.45, 7) is 0. The van der Waals surface area contributed by atoms with Crippen molar-refractivity contribution in [3.8, 4) is 0 Å². The van der Waals surface area contributed by atoms with Crippen molar-refractivity contribution in [3.05, 3.63) is 18.3 Å². The minimum atomic E-state index is -0.00792. The van der Waals surface area contributed by atoms with Gasteiger partial charge in [-0.3, -0.25) is 4.79 Å². The molecule has 0 spiro atoms. The Morgan fingerprint density at radius 3 is 3.00 bits per heavy atom. The molecule has 0 saturated heterocycles. The molecule has 14 heavy (non-hydrogen) atoms. The minimum Gasteiger partial charge on any atom is -0.309 e. The molecule has 0 fully saturated rings. The Morgan fingerprint density at radius 1 is 1.50 bits per heavy atom. The molecule has 1 amide bonds. The number of carbonyl (C=O) groups excluding carboxylic acids is 1. The van der Waals surface area contributed by atoms with Crippen LogP contribution in [0.25, 0.3) is 0 Å². The lowest BCUT2D eigenvalue weighted by Gasteiger charge is -2.01. The van der Waals surface area contributed by atoms with Gasteiger partial charge in [0.15, 0.2) is 5.82 Å². The topological polar surface area (TPSA) is 54.9 Å². The van der Waals surface area contributed by atoms with Crippen LogP contribution >= 0.6 is 15.9 Å². The van der Waals surface area contributed by atoms with E-state index in [2.05, 4.69) is 31.4 Å². The molecule has 1 aromatic heterocycles. The smallest absolute Gasteiger partial charge is 0.225 e. The van der Waals surface area contributed by atoms with Crippen LogP contribution in [0, 0.1) is 0 Å². The van der Waals surface area contributed by atoms with Gasteiger partial charge in [0.05, 0.1) is 0 Å². The fraction of sp³-hybridized carbons (Fsp3) is 0.444. The van der Waals surface area contributed by atoms with Gasteiger partial charge in [-0.05, 0) is 25.0 Å². The number of rotatable bonds is 5. The third-order valence-corrected chi connectivity index (χ3v) is 2.19. The fourth-order valence-electron chi connectivity index (χ4n) is 0.954. The number of hydrogen-bond donors (Lipinski definition) is 1. The summed E-state index contributed by atoms with van der Waals surface area (Å²) in [5.41, 5.74) is 0. The van der Waals surface area contributed by atoms with E-state index >= 15 is 0 Å². The third kappa shape index (κ3) is 4.32. The normalized spacial score (nSPS) is 9.79. The van der Waals surface area contributed by atoms with Crippen LogP contribution in [-0.4, -0.2) is 21.4 Å². The summed E-state index contributed by atoms with van der Waals surface area (Å²) in [5, 5.41) is 11.0. The molecule has 0 bridgehead atoms. The molecule has 4 nitrogen and oxygen atoms in total. The summed E-state index contributed by atoms with van der Waals surface area (Å²) in [5.74, 6) is 0.503. The van der Waals surface area contributed by atoms with E-state index in [1.54, 1.807) is 18.3 Å². The van der Waals surface area contributed by atoms with Crippen LogP contribution in [0.3, 0.4) is 0 Å². The molecule has 5 heteroatoms. The largest absolute Gasteiger partial charge is 0.309 e. The number of amides is 1. The van der Waals surface area contributed by atoms with Crippen molar-refractivity contribution in [2.24, 2.45) is 0 Å². The molecule has 1 aromatic rings. The van der Waals surface area contributed by atoms with Gasteiger partial charge in [0.1, 0.15) is 0 Å². The molecule has 1 N–H and O–H groups in total. The second-order valence-electron chi connectivity index (χ2n) is 2.80. The van der Waals surface area contributed by atoms with E-state index in [0.29, 0.717) is 12.2 Å². The molecule has 0 aliphatic heterocycles. The Hall–Kier alpha value is -0.970. The number of hydrogen-bond acceptors (Lipinski definition) is 3. The van der Waals surface area contributed by atoms with Gasteiger partial charge in [-0.1, -0.05) is 15.9 Å². The number of aromatic nitrogens is 2. The Kier molecular flexibility index (Phi) is 5.14. The van der Waals surface area contributed by atoms with Crippen molar-refractivity contribution < 1.29 is 4.79 Å². The number of carbonyl (C=O) groups is 1. The van der Waals surface area contributed by atoms with Gasteiger partial charge in [0, 0.05) is 17.9 Å². The summed E-state index contributed by atoms with van der Waals surface area (Å²) < 4.78 is 0. The summed E-state index contributed by atoms with van der Waals surface area (Å²) >= 11 is 3.31. The molecule has 1 rings (SSSR count). The van der Waals surface area contributed by atoms with E-state index in [0.717, 1.165) is 18.2 Å². The zero-order chi connectivity index (χ0) is 10.2.